The first-order valence-corrected chi connectivity index (χ1v) is 8.82. The number of hydrogen-bond acceptors (Lipinski definition) is 4. The molecule has 2 heterocycles. The van der Waals surface area contributed by atoms with Crippen molar-refractivity contribution in [2.24, 2.45) is 11.8 Å². The lowest BCUT2D eigenvalue weighted by atomic mass is 10.1. The normalized spacial score (nSPS) is 30.9. The van der Waals surface area contributed by atoms with E-state index in [2.05, 4.69) is 27.3 Å². The molecule has 0 radical (unpaired) electrons. The number of morpholine rings is 1. The van der Waals surface area contributed by atoms with E-state index in [1.165, 1.54) is 18.4 Å². The van der Waals surface area contributed by atoms with Gasteiger partial charge in [-0.05, 0) is 49.3 Å². The van der Waals surface area contributed by atoms with Crippen molar-refractivity contribution in [3.8, 4) is 0 Å². The number of nitrogens with one attached hydrogen (secondary N) is 1. The number of nitrogens with zero attached hydrogens (tertiary/aromatic N) is 2. The van der Waals surface area contributed by atoms with Crippen molar-refractivity contribution < 1.29 is 9.53 Å². The lowest BCUT2D eigenvalue weighted by molar-refractivity contribution is -0.125. The van der Waals surface area contributed by atoms with Crippen LogP contribution in [0.3, 0.4) is 0 Å². The standard InChI is InChI=1S/C18H25N3O2/c22-18(20-11-13-1-2-13)15-9-16-17(10-15)23-8-7-21(16)12-14-3-5-19-6-4-14/h3-6,13,15-17H,1-2,7-12H2,(H,20,22)/t15-,16+,17+/m0/s1. The smallest absolute Gasteiger partial charge is 0.223 e. The van der Waals surface area contributed by atoms with Crippen molar-refractivity contribution in [1.29, 1.82) is 0 Å². The molecule has 1 N–H and O–H groups in total. The molecular weight excluding hydrogens is 290 g/mol. The van der Waals surface area contributed by atoms with Crippen molar-refractivity contribution >= 4 is 5.91 Å². The summed E-state index contributed by atoms with van der Waals surface area (Å²) >= 11 is 0. The van der Waals surface area contributed by atoms with Gasteiger partial charge in [0, 0.05) is 44.0 Å². The van der Waals surface area contributed by atoms with E-state index in [1.54, 1.807) is 0 Å². The molecule has 5 nitrogen and oxygen atoms in total. The summed E-state index contributed by atoms with van der Waals surface area (Å²) in [7, 11) is 0. The molecule has 3 aliphatic rings. The number of pyridine rings is 1. The highest BCUT2D eigenvalue weighted by Gasteiger charge is 2.43. The van der Waals surface area contributed by atoms with Crippen LogP contribution in [0.5, 0.6) is 0 Å². The van der Waals surface area contributed by atoms with Gasteiger partial charge in [0.05, 0.1) is 12.7 Å². The van der Waals surface area contributed by atoms with Crippen LogP contribution < -0.4 is 5.32 Å². The van der Waals surface area contributed by atoms with Gasteiger partial charge in [0.1, 0.15) is 0 Å². The first kappa shape index (κ1) is 15.1. The van der Waals surface area contributed by atoms with Gasteiger partial charge < -0.3 is 10.1 Å². The zero-order valence-corrected chi connectivity index (χ0v) is 13.5. The zero-order valence-electron chi connectivity index (χ0n) is 13.5. The fraction of sp³-hybridized carbons (Fsp3) is 0.667. The summed E-state index contributed by atoms with van der Waals surface area (Å²) in [6, 6.07) is 4.51. The highest BCUT2D eigenvalue weighted by atomic mass is 16.5. The Labute approximate surface area is 137 Å². The van der Waals surface area contributed by atoms with Gasteiger partial charge in [0.25, 0.3) is 0 Å². The van der Waals surface area contributed by atoms with E-state index in [0.29, 0.717) is 6.04 Å². The van der Waals surface area contributed by atoms with Crippen LogP contribution in [0.25, 0.3) is 0 Å². The average Bonchev–Trinajstić information content (AvgIpc) is 3.30. The summed E-state index contributed by atoms with van der Waals surface area (Å²) in [5.74, 6) is 1.09. The van der Waals surface area contributed by atoms with Crippen LogP contribution >= 0.6 is 0 Å². The molecule has 0 bridgehead atoms. The number of fused-ring (bicyclic) bond motifs is 1. The molecule has 5 heteroatoms. The SMILES string of the molecule is O=C(NCC1CC1)[C@H]1C[C@@H]2[C@@H](C1)OCCN2Cc1ccncc1. The van der Waals surface area contributed by atoms with Crippen LogP contribution in [-0.4, -0.2) is 47.6 Å². The second-order valence-corrected chi connectivity index (χ2v) is 7.16. The third-order valence-corrected chi connectivity index (χ3v) is 5.42. The summed E-state index contributed by atoms with van der Waals surface area (Å²) < 4.78 is 5.95. The van der Waals surface area contributed by atoms with Gasteiger partial charge in [-0.25, -0.2) is 0 Å². The summed E-state index contributed by atoms with van der Waals surface area (Å²) in [5.41, 5.74) is 1.28. The van der Waals surface area contributed by atoms with Gasteiger partial charge in [0.15, 0.2) is 0 Å². The number of rotatable bonds is 5. The average molecular weight is 315 g/mol. The Morgan fingerprint density at radius 1 is 1.30 bits per heavy atom. The Morgan fingerprint density at radius 3 is 2.91 bits per heavy atom. The van der Waals surface area contributed by atoms with Crippen LogP contribution in [0.2, 0.25) is 0 Å². The van der Waals surface area contributed by atoms with E-state index < -0.39 is 0 Å². The third-order valence-electron chi connectivity index (χ3n) is 5.42. The number of ether oxygens (including phenoxy) is 1. The second-order valence-electron chi connectivity index (χ2n) is 7.16. The predicted molar refractivity (Wildman–Crippen MR) is 86.6 cm³/mol. The molecular formula is C18H25N3O2. The summed E-state index contributed by atoms with van der Waals surface area (Å²) in [6.45, 7) is 3.50. The Hall–Kier alpha value is -1.46. The molecule has 2 aliphatic carbocycles. The summed E-state index contributed by atoms with van der Waals surface area (Å²) in [6.07, 6.45) is 8.24. The quantitative estimate of drug-likeness (QED) is 0.896. The van der Waals surface area contributed by atoms with Crippen molar-refractivity contribution in [2.45, 2.75) is 44.4 Å². The van der Waals surface area contributed by atoms with Gasteiger partial charge in [-0.15, -0.1) is 0 Å². The van der Waals surface area contributed by atoms with Crippen LogP contribution in [0.4, 0.5) is 0 Å². The molecule has 23 heavy (non-hydrogen) atoms. The second kappa shape index (κ2) is 6.57. The van der Waals surface area contributed by atoms with E-state index in [4.69, 9.17) is 4.74 Å². The minimum absolute atomic E-state index is 0.113. The first-order valence-electron chi connectivity index (χ1n) is 8.82. The predicted octanol–water partition coefficient (Wildman–Crippen LogP) is 1.59. The maximum atomic E-state index is 12.4. The number of hydrogen-bond donors (Lipinski definition) is 1. The molecule has 4 rings (SSSR count). The lowest BCUT2D eigenvalue weighted by Gasteiger charge is -2.37. The molecule has 1 saturated heterocycles. The van der Waals surface area contributed by atoms with Gasteiger partial charge in [-0.3, -0.25) is 14.7 Å². The molecule has 1 amide bonds. The number of aromatic nitrogens is 1. The monoisotopic (exact) mass is 315 g/mol. The number of amides is 1. The fourth-order valence-corrected chi connectivity index (χ4v) is 3.87. The number of carbonyl (C=O) groups excluding carboxylic acids is 1. The van der Waals surface area contributed by atoms with Crippen molar-refractivity contribution in [1.82, 2.24) is 15.2 Å². The van der Waals surface area contributed by atoms with E-state index in [9.17, 15) is 4.79 Å². The van der Waals surface area contributed by atoms with Crippen LogP contribution in [-0.2, 0) is 16.1 Å². The molecule has 0 spiro atoms. The Kier molecular flexibility index (Phi) is 4.31. The molecule has 3 atom stereocenters. The molecule has 2 saturated carbocycles. The van der Waals surface area contributed by atoms with Crippen LogP contribution in [0, 0.1) is 11.8 Å². The largest absolute Gasteiger partial charge is 0.375 e. The Balaban J connectivity index is 1.36. The highest BCUT2D eigenvalue weighted by Crippen LogP contribution is 2.35. The maximum absolute atomic E-state index is 12.4. The van der Waals surface area contributed by atoms with E-state index in [0.717, 1.165) is 45.0 Å². The van der Waals surface area contributed by atoms with Gasteiger partial charge in [-0.1, -0.05) is 0 Å². The van der Waals surface area contributed by atoms with E-state index >= 15 is 0 Å². The first-order chi connectivity index (χ1) is 11.3. The van der Waals surface area contributed by atoms with Crippen molar-refractivity contribution in [2.75, 3.05) is 19.7 Å². The lowest BCUT2D eigenvalue weighted by Crippen LogP contribution is -2.47. The van der Waals surface area contributed by atoms with Crippen molar-refractivity contribution in [3.05, 3.63) is 30.1 Å². The molecule has 1 aliphatic heterocycles. The summed E-state index contributed by atoms with van der Waals surface area (Å²) in [5, 5.41) is 3.14. The minimum Gasteiger partial charge on any atom is -0.375 e. The Bertz CT molecular complexity index is 546. The molecule has 1 aromatic heterocycles. The van der Waals surface area contributed by atoms with Crippen LogP contribution in [0.1, 0.15) is 31.2 Å². The molecule has 3 fully saturated rings. The zero-order chi connectivity index (χ0) is 15.6. The van der Waals surface area contributed by atoms with Gasteiger partial charge >= 0.3 is 0 Å². The van der Waals surface area contributed by atoms with Gasteiger partial charge in [-0.2, -0.15) is 0 Å². The summed E-state index contributed by atoms with van der Waals surface area (Å²) in [4.78, 5) is 19.0. The molecule has 1 aromatic rings. The maximum Gasteiger partial charge on any atom is 0.223 e. The Morgan fingerprint density at radius 2 is 2.13 bits per heavy atom. The van der Waals surface area contributed by atoms with Crippen molar-refractivity contribution in [3.63, 3.8) is 0 Å². The van der Waals surface area contributed by atoms with E-state index in [1.807, 2.05) is 12.4 Å². The third kappa shape index (κ3) is 3.56. The molecule has 0 unspecified atom stereocenters. The minimum atomic E-state index is 0.113. The van der Waals surface area contributed by atoms with Crippen LogP contribution in [0.15, 0.2) is 24.5 Å². The molecule has 124 valence electrons. The fourth-order valence-electron chi connectivity index (χ4n) is 3.87. The topological polar surface area (TPSA) is 54.5 Å². The molecule has 0 aromatic carbocycles. The van der Waals surface area contributed by atoms with E-state index in [-0.39, 0.29) is 17.9 Å². The van der Waals surface area contributed by atoms with Gasteiger partial charge in [0.2, 0.25) is 5.91 Å². The highest BCUT2D eigenvalue weighted by molar-refractivity contribution is 5.79. The number of carbonyl (C=O) groups is 1.